The fourth-order valence-corrected chi connectivity index (χ4v) is 10.00. The largest absolute Gasteiger partial charge is 0.462 e. The van der Waals surface area contributed by atoms with Crippen LogP contribution in [0.15, 0.2) is 9.59 Å². The maximum Gasteiger partial charge on any atom is 0.306 e. The average Bonchev–Trinajstić information content (AvgIpc) is 3.28. The van der Waals surface area contributed by atoms with Crippen molar-refractivity contribution in [3.63, 3.8) is 0 Å². The Kier molecular flexibility index (Phi) is 35.6. The van der Waals surface area contributed by atoms with E-state index in [1.54, 1.807) is 7.05 Å². The Labute approximate surface area is 395 Å². The number of nitrogens with one attached hydrogen (secondary N) is 2. The van der Waals surface area contributed by atoms with Gasteiger partial charge in [0.2, 0.25) is 0 Å². The fraction of sp³-hybridized carbons (Fsp3) is 0.911. The minimum absolute atomic E-state index is 0.0163. The Morgan fingerprint density at radius 2 is 0.984 bits per heavy atom. The molecule has 1 saturated carbocycles. The summed E-state index contributed by atoms with van der Waals surface area (Å²) in [5.74, 6) is 0.0163. The van der Waals surface area contributed by atoms with E-state index < -0.39 is 10.9 Å². The van der Waals surface area contributed by atoms with Crippen molar-refractivity contribution >= 4 is 17.3 Å². The molecule has 0 amide bonds. The normalized spacial score (nSPS) is 14.1. The topological polar surface area (TPSA) is 97.0 Å². The van der Waals surface area contributed by atoms with Gasteiger partial charge in [-0.15, -0.1) is 0 Å². The van der Waals surface area contributed by atoms with Gasteiger partial charge in [-0.25, -0.2) is 0 Å². The molecule has 0 heterocycles. The van der Waals surface area contributed by atoms with Crippen molar-refractivity contribution in [1.82, 2.24) is 4.90 Å². The van der Waals surface area contributed by atoms with Gasteiger partial charge >= 0.3 is 5.97 Å². The second-order valence-corrected chi connectivity index (χ2v) is 20.2. The van der Waals surface area contributed by atoms with Crippen LogP contribution < -0.4 is 21.5 Å². The Balaban J connectivity index is 1.72. The van der Waals surface area contributed by atoms with Crippen molar-refractivity contribution in [2.45, 2.75) is 296 Å². The SMILES string of the molecule is CCCCCCCCC(CCCCCCCC)OC(=O)CCCCCCCN(CCCCCCCC1(OC(CCC)CCCCCCCC)CCC1)CCCNc1c(NC)c(=O)c1=O. The zero-order chi connectivity index (χ0) is 46.4. The molecule has 0 radical (unpaired) electrons. The average molecular weight is 900 g/mol. The van der Waals surface area contributed by atoms with Crippen LogP contribution in [-0.4, -0.2) is 61.9 Å². The smallest absolute Gasteiger partial charge is 0.306 e. The lowest BCUT2D eigenvalue weighted by atomic mass is 9.76. The van der Waals surface area contributed by atoms with Gasteiger partial charge in [0, 0.05) is 20.0 Å². The molecule has 0 bridgehead atoms. The zero-order valence-electron chi connectivity index (χ0n) is 43.0. The first kappa shape index (κ1) is 58.2. The van der Waals surface area contributed by atoms with Crippen molar-refractivity contribution < 1.29 is 14.3 Å². The van der Waals surface area contributed by atoms with Gasteiger partial charge in [-0.1, -0.05) is 182 Å². The molecule has 0 aliphatic heterocycles. The third-order valence-electron chi connectivity index (χ3n) is 14.3. The highest BCUT2D eigenvalue weighted by atomic mass is 16.5. The molecule has 0 aromatic heterocycles. The number of hydrogen-bond donors (Lipinski definition) is 2. The molecular formula is C56H105N3O5. The highest BCUT2D eigenvalue weighted by Gasteiger charge is 2.39. The van der Waals surface area contributed by atoms with E-state index in [1.165, 1.54) is 205 Å². The Hall–Kier alpha value is -1.93. The predicted molar refractivity (Wildman–Crippen MR) is 276 cm³/mol. The number of anilines is 2. The molecular weight excluding hydrogens is 795 g/mol. The van der Waals surface area contributed by atoms with Crippen molar-refractivity contribution in [3.8, 4) is 0 Å². The number of unbranched alkanes of at least 4 members (excludes halogenated alkanes) is 23. The quantitative estimate of drug-likeness (QED) is 0.0379. The summed E-state index contributed by atoms with van der Waals surface area (Å²) in [5, 5.41) is 6.09. The van der Waals surface area contributed by atoms with E-state index in [4.69, 9.17) is 9.47 Å². The molecule has 8 heteroatoms. The monoisotopic (exact) mass is 900 g/mol. The molecule has 1 atom stereocenters. The number of ether oxygens (including phenoxy) is 2. The molecule has 2 N–H and O–H groups in total. The summed E-state index contributed by atoms with van der Waals surface area (Å²) in [6.07, 6.45) is 48.2. The van der Waals surface area contributed by atoms with Crippen LogP contribution in [0.5, 0.6) is 0 Å². The molecule has 1 unspecified atom stereocenters. The molecule has 1 fully saturated rings. The van der Waals surface area contributed by atoms with Crippen LogP contribution in [0.1, 0.15) is 278 Å². The molecule has 1 aromatic carbocycles. The molecule has 374 valence electrons. The van der Waals surface area contributed by atoms with Crippen LogP contribution in [-0.2, 0) is 14.3 Å². The highest BCUT2D eigenvalue weighted by Crippen LogP contribution is 2.42. The van der Waals surface area contributed by atoms with Gasteiger partial charge in [0.05, 0.1) is 11.7 Å². The summed E-state index contributed by atoms with van der Waals surface area (Å²) in [4.78, 5) is 39.4. The van der Waals surface area contributed by atoms with Gasteiger partial charge in [-0.2, -0.15) is 0 Å². The Bertz CT molecular complexity index is 1290. The number of nitrogens with zero attached hydrogens (tertiary/aromatic N) is 1. The van der Waals surface area contributed by atoms with Crippen LogP contribution in [0.25, 0.3) is 0 Å². The van der Waals surface area contributed by atoms with Gasteiger partial charge in [0.25, 0.3) is 10.9 Å². The van der Waals surface area contributed by atoms with Gasteiger partial charge in [0.1, 0.15) is 17.5 Å². The van der Waals surface area contributed by atoms with E-state index in [2.05, 4.69) is 43.2 Å². The van der Waals surface area contributed by atoms with Crippen LogP contribution in [0.4, 0.5) is 11.4 Å². The fourth-order valence-electron chi connectivity index (χ4n) is 10.00. The summed E-state index contributed by atoms with van der Waals surface area (Å²) in [5.41, 5.74) is 0.209. The second-order valence-electron chi connectivity index (χ2n) is 20.2. The molecule has 1 aliphatic carbocycles. The standard InChI is InChI=1S/C56H105N3O5/c1-6-10-13-16-21-28-38-49(39-29-22-17-14-11-7-2)63-51(60)41-31-24-19-26-33-46-59(48-36-45-58-53-52(57-5)54(61)55(53)62)47-34-27-20-25-32-42-56(43-35-44-56)64-50(37-9-4)40-30-23-18-15-12-8-3/h49-50,57-58H,6-48H2,1-5H3. The Morgan fingerprint density at radius 3 is 1.48 bits per heavy atom. The molecule has 0 saturated heterocycles. The maximum atomic E-state index is 12.9. The minimum Gasteiger partial charge on any atom is -0.462 e. The number of carbonyl (C=O) groups is 1. The van der Waals surface area contributed by atoms with Crippen molar-refractivity contribution in [3.05, 3.63) is 20.4 Å². The van der Waals surface area contributed by atoms with Gasteiger partial charge < -0.3 is 25.0 Å². The lowest BCUT2D eigenvalue weighted by Crippen LogP contribution is -2.43. The molecule has 64 heavy (non-hydrogen) atoms. The molecule has 1 aliphatic rings. The van der Waals surface area contributed by atoms with Crippen LogP contribution in [0.3, 0.4) is 0 Å². The van der Waals surface area contributed by atoms with E-state index >= 15 is 0 Å². The van der Waals surface area contributed by atoms with Crippen molar-refractivity contribution in [1.29, 1.82) is 0 Å². The van der Waals surface area contributed by atoms with E-state index in [1.807, 2.05) is 0 Å². The molecule has 2 rings (SSSR count). The van der Waals surface area contributed by atoms with E-state index in [0.29, 0.717) is 30.4 Å². The summed E-state index contributed by atoms with van der Waals surface area (Å²) in [6, 6.07) is 0. The lowest BCUT2D eigenvalue weighted by Gasteiger charge is -2.44. The first-order chi connectivity index (χ1) is 31.3. The van der Waals surface area contributed by atoms with Gasteiger partial charge in [0.15, 0.2) is 0 Å². The molecule has 1 aromatic rings. The van der Waals surface area contributed by atoms with Crippen LogP contribution >= 0.6 is 0 Å². The number of esters is 1. The van der Waals surface area contributed by atoms with E-state index in [0.717, 1.165) is 58.2 Å². The van der Waals surface area contributed by atoms with Crippen molar-refractivity contribution in [2.24, 2.45) is 0 Å². The van der Waals surface area contributed by atoms with Crippen molar-refractivity contribution in [2.75, 3.05) is 43.9 Å². The summed E-state index contributed by atoms with van der Waals surface area (Å²) >= 11 is 0. The van der Waals surface area contributed by atoms with Crippen LogP contribution in [0, 0.1) is 0 Å². The zero-order valence-corrected chi connectivity index (χ0v) is 43.0. The third-order valence-corrected chi connectivity index (χ3v) is 14.3. The first-order valence-electron chi connectivity index (χ1n) is 28.2. The van der Waals surface area contributed by atoms with E-state index in [-0.39, 0.29) is 17.7 Å². The maximum absolute atomic E-state index is 12.9. The Morgan fingerprint density at radius 1 is 0.531 bits per heavy atom. The minimum atomic E-state index is -0.417. The summed E-state index contributed by atoms with van der Waals surface area (Å²) < 4.78 is 13.1. The number of hydrogen-bond acceptors (Lipinski definition) is 8. The van der Waals surface area contributed by atoms with E-state index in [9.17, 15) is 14.4 Å². The third kappa shape index (κ3) is 27.0. The predicted octanol–water partition coefficient (Wildman–Crippen LogP) is 15.4. The first-order valence-corrected chi connectivity index (χ1v) is 28.2. The number of rotatable bonds is 48. The van der Waals surface area contributed by atoms with Gasteiger partial charge in [-0.05, 0) is 110 Å². The lowest BCUT2D eigenvalue weighted by molar-refractivity contribution is -0.150. The van der Waals surface area contributed by atoms with Gasteiger partial charge in [-0.3, -0.25) is 14.4 Å². The molecule has 0 spiro atoms. The van der Waals surface area contributed by atoms with Crippen LogP contribution in [0.2, 0.25) is 0 Å². The molecule has 8 nitrogen and oxygen atoms in total. The summed E-state index contributed by atoms with van der Waals surface area (Å²) in [6.45, 7) is 13.0. The summed E-state index contributed by atoms with van der Waals surface area (Å²) in [7, 11) is 1.69. The second kappa shape index (κ2) is 39.1. The number of carbonyl (C=O) groups excluding carboxylic acids is 1. The highest BCUT2D eigenvalue weighted by molar-refractivity contribution is 5.73.